The minimum Gasteiger partial charge on any atom is -0.412 e. The van der Waals surface area contributed by atoms with Crippen molar-refractivity contribution in [2.75, 3.05) is 31.6 Å². The fourth-order valence-corrected chi connectivity index (χ4v) is 4.29. The number of ether oxygens (including phenoxy) is 1. The molecule has 0 spiro atoms. The van der Waals surface area contributed by atoms with E-state index in [0.717, 1.165) is 12.1 Å². The second-order valence-electron chi connectivity index (χ2n) is 8.72. The fourth-order valence-electron chi connectivity index (χ4n) is 4.29. The molecule has 12 heteroatoms. The number of amides is 2. The zero-order valence-corrected chi connectivity index (χ0v) is 20.5. The molecule has 202 valence electrons. The van der Waals surface area contributed by atoms with Gasteiger partial charge < -0.3 is 30.0 Å². The average Bonchev–Trinajstić information content (AvgIpc) is 2.92. The van der Waals surface area contributed by atoms with Crippen molar-refractivity contribution in [1.82, 2.24) is 14.5 Å². The van der Waals surface area contributed by atoms with E-state index >= 15 is 0 Å². The van der Waals surface area contributed by atoms with Gasteiger partial charge in [0.2, 0.25) is 11.0 Å². The molecule has 0 radical (unpaired) electrons. The van der Waals surface area contributed by atoms with E-state index in [9.17, 15) is 28.0 Å². The first-order chi connectivity index (χ1) is 18.3. The Balaban J connectivity index is 0.00000353. The Morgan fingerprint density at radius 1 is 0.949 bits per heavy atom. The van der Waals surface area contributed by atoms with Crippen LogP contribution in [0.15, 0.2) is 70.4 Å². The largest absolute Gasteiger partial charge is 0.412 e. The first kappa shape index (κ1) is 27.4. The molecule has 39 heavy (non-hydrogen) atoms. The van der Waals surface area contributed by atoms with Gasteiger partial charge in [-0.1, -0.05) is 6.07 Å². The molecule has 0 bridgehead atoms. The maximum absolute atomic E-state index is 14.3. The molecule has 10 nitrogen and oxygen atoms in total. The van der Waals surface area contributed by atoms with Crippen LogP contribution in [-0.2, 0) is 11.3 Å². The number of H-pyrrole nitrogens is 1. The van der Waals surface area contributed by atoms with Crippen LogP contribution in [0, 0.1) is 11.6 Å². The summed E-state index contributed by atoms with van der Waals surface area (Å²) >= 11 is 0. The molecule has 5 rings (SSSR count). The van der Waals surface area contributed by atoms with Crippen molar-refractivity contribution >= 4 is 28.5 Å². The highest BCUT2D eigenvalue weighted by atomic mass is 19.1. The highest BCUT2D eigenvalue weighted by Gasteiger charge is 2.20. The number of aromatic amines is 1. The van der Waals surface area contributed by atoms with Gasteiger partial charge in [-0.3, -0.25) is 19.2 Å². The highest BCUT2D eigenvalue weighted by molar-refractivity contribution is 6.05. The van der Waals surface area contributed by atoms with Crippen molar-refractivity contribution in [2.24, 2.45) is 0 Å². The molecule has 4 aromatic rings. The maximum Gasteiger partial charge on any atom is 0.261 e. The average molecular weight is 539 g/mol. The minimum atomic E-state index is -0.795. The van der Waals surface area contributed by atoms with Crippen LogP contribution in [0.5, 0.6) is 0 Å². The normalized spacial score (nSPS) is 13.1. The van der Waals surface area contributed by atoms with Crippen molar-refractivity contribution in [3.63, 3.8) is 0 Å². The third-order valence-corrected chi connectivity index (χ3v) is 6.29. The molecule has 3 heterocycles. The lowest BCUT2D eigenvalue weighted by Crippen LogP contribution is -2.40. The van der Waals surface area contributed by atoms with Crippen LogP contribution in [0.1, 0.15) is 26.3 Å². The number of aromatic nitrogens is 2. The van der Waals surface area contributed by atoms with E-state index < -0.39 is 28.5 Å². The predicted octanol–water partition coefficient (Wildman–Crippen LogP) is 1.92. The summed E-state index contributed by atoms with van der Waals surface area (Å²) in [7, 11) is 0. The number of fused-ring (bicyclic) bond motifs is 1. The van der Waals surface area contributed by atoms with Gasteiger partial charge in [-0.15, -0.1) is 0 Å². The van der Waals surface area contributed by atoms with Gasteiger partial charge in [-0.05, 0) is 42.5 Å². The van der Waals surface area contributed by atoms with Gasteiger partial charge >= 0.3 is 0 Å². The topological polar surface area (TPSA) is 145 Å². The van der Waals surface area contributed by atoms with Crippen molar-refractivity contribution in [1.29, 1.82) is 0 Å². The second kappa shape index (κ2) is 11.4. The number of hydrogen-bond acceptors (Lipinski definition) is 5. The smallest absolute Gasteiger partial charge is 0.261 e. The SMILES string of the molecule is O.O=C(Nc1ccc(C(=O)N2CCOCC2)cc1)c1cn(Cc2c(F)cccc2F)c2ccc(=O)[nH]c2c1=O. The summed E-state index contributed by atoms with van der Waals surface area (Å²) in [4.78, 5) is 54.9. The third kappa shape index (κ3) is 5.61. The lowest BCUT2D eigenvalue weighted by atomic mass is 10.1. The van der Waals surface area contributed by atoms with Crippen molar-refractivity contribution in [3.8, 4) is 0 Å². The number of rotatable bonds is 5. The Labute approximate surface area is 219 Å². The summed E-state index contributed by atoms with van der Waals surface area (Å²) in [6.45, 7) is 1.59. The van der Waals surface area contributed by atoms with Crippen molar-refractivity contribution in [2.45, 2.75) is 6.54 Å². The Bertz CT molecular complexity index is 1640. The molecule has 2 aromatic heterocycles. The molecule has 0 aliphatic carbocycles. The summed E-state index contributed by atoms with van der Waals surface area (Å²) < 4.78 is 35.3. The zero-order valence-electron chi connectivity index (χ0n) is 20.5. The number of nitrogens with one attached hydrogen (secondary N) is 2. The van der Waals surface area contributed by atoms with Crippen LogP contribution in [0.25, 0.3) is 11.0 Å². The molecule has 1 aliphatic rings. The van der Waals surface area contributed by atoms with E-state index in [0.29, 0.717) is 37.6 Å². The van der Waals surface area contributed by atoms with E-state index in [1.807, 2.05) is 0 Å². The maximum atomic E-state index is 14.3. The number of halogens is 2. The summed E-state index contributed by atoms with van der Waals surface area (Å²) in [6.07, 6.45) is 1.19. The van der Waals surface area contributed by atoms with Gasteiger partial charge in [-0.2, -0.15) is 0 Å². The Kier molecular flexibility index (Phi) is 7.98. The summed E-state index contributed by atoms with van der Waals surface area (Å²) in [5.74, 6) is -2.54. The summed E-state index contributed by atoms with van der Waals surface area (Å²) in [5, 5.41) is 2.60. The minimum absolute atomic E-state index is 0. The fraction of sp³-hybridized carbons (Fsp3) is 0.185. The quantitative estimate of drug-likeness (QED) is 0.399. The molecule has 1 aliphatic heterocycles. The number of nitrogens with zero attached hydrogens (tertiary/aromatic N) is 2. The summed E-state index contributed by atoms with van der Waals surface area (Å²) in [5.41, 5.74) is -1.16. The molecule has 0 atom stereocenters. The molecule has 4 N–H and O–H groups in total. The van der Waals surface area contributed by atoms with E-state index in [4.69, 9.17) is 4.74 Å². The van der Waals surface area contributed by atoms with Gasteiger partial charge in [0.05, 0.1) is 25.3 Å². The lowest BCUT2D eigenvalue weighted by molar-refractivity contribution is 0.0303. The molecule has 2 amide bonds. The Morgan fingerprint density at radius 3 is 2.28 bits per heavy atom. The first-order valence-electron chi connectivity index (χ1n) is 11.8. The third-order valence-electron chi connectivity index (χ3n) is 6.29. The van der Waals surface area contributed by atoms with Gasteiger partial charge in [0, 0.05) is 42.2 Å². The number of carbonyl (C=O) groups is 2. The molecular formula is C27H24F2N4O6. The van der Waals surface area contributed by atoms with E-state index in [1.165, 1.54) is 41.1 Å². The van der Waals surface area contributed by atoms with E-state index in [2.05, 4.69) is 10.3 Å². The number of anilines is 1. The number of benzene rings is 2. The van der Waals surface area contributed by atoms with E-state index in [1.54, 1.807) is 17.0 Å². The van der Waals surface area contributed by atoms with Crippen LogP contribution >= 0.6 is 0 Å². The Hall–Kier alpha value is -4.68. The number of pyridine rings is 2. The molecule has 1 fully saturated rings. The number of carbonyl (C=O) groups excluding carboxylic acids is 2. The van der Waals surface area contributed by atoms with Crippen LogP contribution in [0.4, 0.5) is 14.5 Å². The van der Waals surface area contributed by atoms with Crippen LogP contribution in [-0.4, -0.2) is 58.0 Å². The van der Waals surface area contributed by atoms with Gasteiger partial charge in [0.1, 0.15) is 22.7 Å². The Morgan fingerprint density at radius 2 is 1.62 bits per heavy atom. The molecule has 0 unspecified atom stereocenters. The van der Waals surface area contributed by atoms with Crippen molar-refractivity contribution in [3.05, 3.63) is 110 Å². The first-order valence-corrected chi connectivity index (χ1v) is 11.8. The van der Waals surface area contributed by atoms with Gasteiger partial charge in [0.15, 0.2) is 0 Å². The van der Waals surface area contributed by atoms with Crippen LogP contribution in [0.3, 0.4) is 0 Å². The van der Waals surface area contributed by atoms with Crippen molar-refractivity contribution < 1.29 is 28.6 Å². The van der Waals surface area contributed by atoms with Gasteiger partial charge in [-0.25, -0.2) is 8.78 Å². The zero-order chi connectivity index (χ0) is 26.8. The highest BCUT2D eigenvalue weighted by Crippen LogP contribution is 2.18. The number of morpholine rings is 1. The standard InChI is InChI=1S/C27H22F2N4O5.H2O/c28-20-2-1-3-21(29)18(20)14-33-15-19(25(35)24-22(33)8-9-23(34)31-24)26(36)30-17-6-4-16(5-7-17)27(37)32-10-12-38-13-11-32;/h1-9,15H,10-14H2,(H,30,36)(H,31,34);1H2. The van der Waals surface area contributed by atoms with E-state index in [-0.39, 0.29) is 40.1 Å². The summed E-state index contributed by atoms with van der Waals surface area (Å²) in [6, 6.07) is 12.1. The number of hydrogen-bond donors (Lipinski definition) is 2. The molecule has 1 saturated heterocycles. The molecule has 0 saturated carbocycles. The van der Waals surface area contributed by atoms with Gasteiger partial charge in [0.25, 0.3) is 11.8 Å². The molecule has 2 aromatic carbocycles. The van der Waals surface area contributed by atoms with Crippen LogP contribution in [0.2, 0.25) is 0 Å². The lowest BCUT2D eigenvalue weighted by Gasteiger charge is -2.26. The monoisotopic (exact) mass is 538 g/mol. The second-order valence-corrected chi connectivity index (χ2v) is 8.72. The molecular weight excluding hydrogens is 514 g/mol. The van der Waals surface area contributed by atoms with Crippen LogP contribution < -0.4 is 16.3 Å². The predicted molar refractivity (Wildman–Crippen MR) is 139 cm³/mol.